The van der Waals surface area contributed by atoms with Crippen LogP contribution >= 0.6 is 15.9 Å². The van der Waals surface area contributed by atoms with Crippen LogP contribution in [0.3, 0.4) is 0 Å². The van der Waals surface area contributed by atoms with Gasteiger partial charge in [0.1, 0.15) is 12.1 Å². The van der Waals surface area contributed by atoms with Gasteiger partial charge in [-0.3, -0.25) is 4.79 Å². The molecule has 1 aromatic heterocycles. The minimum atomic E-state index is -2.94. The van der Waals surface area contributed by atoms with Crippen molar-refractivity contribution in [3.05, 3.63) is 35.3 Å². The van der Waals surface area contributed by atoms with Gasteiger partial charge in [0.2, 0.25) is 10.6 Å². The molecule has 6 rings (SSSR count). The maximum atomic E-state index is 13.5. The molecule has 2 atom stereocenters. The molecule has 0 spiro atoms. The number of hydrogen-bond donors (Lipinski definition) is 1. The Morgan fingerprint density at radius 2 is 1.97 bits per heavy atom. The van der Waals surface area contributed by atoms with Crippen molar-refractivity contribution in [1.29, 1.82) is 0 Å². The summed E-state index contributed by atoms with van der Waals surface area (Å²) >= 11 is 3.33. The molecule has 0 aliphatic heterocycles. The third-order valence-corrected chi connectivity index (χ3v) is 7.18. The SMILES string of the molecule is O=C(Nc1ccccc1OC(F)F)C12CC3CC(C1)CC(n1cnc(Br)n1)(C3)C2. The van der Waals surface area contributed by atoms with Gasteiger partial charge in [-0.2, -0.15) is 8.78 Å². The normalized spacial score (nSPS) is 32.6. The highest BCUT2D eigenvalue weighted by atomic mass is 79.9. The fraction of sp³-hybridized carbons (Fsp3) is 0.550. The van der Waals surface area contributed by atoms with Gasteiger partial charge in [0.25, 0.3) is 0 Å². The molecule has 4 aliphatic rings. The first-order chi connectivity index (χ1) is 13.9. The number of nitrogens with zero attached hydrogens (tertiary/aromatic N) is 3. The molecule has 29 heavy (non-hydrogen) atoms. The van der Waals surface area contributed by atoms with Crippen molar-refractivity contribution < 1.29 is 18.3 Å². The zero-order chi connectivity index (χ0) is 20.2. The van der Waals surface area contributed by atoms with Crippen LogP contribution in [-0.2, 0) is 10.3 Å². The highest BCUT2D eigenvalue weighted by Gasteiger charge is 2.61. The molecule has 4 saturated carbocycles. The topological polar surface area (TPSA) is 69.0 Å². The monoisotopic (exact) mass is 466 g/mol. The molecule has 4 bridgehead atoms. The lowest BCUT2D eigenvalue weighted by molar-refractivity contribution is -0.150. The Bertz CT molecular complexity index is 936. The fourth-order valence-electron chi connectivity index (χ4n) is 6.24. The number of carbonyl (C=O) groups excluding carboxylic acids is 1. The molecular formula is C20H21BrF2N4O2. The van der Waals surface area contributed by atoms with Crippen LogP contribution in [0.15, 0.2) is 35.3 Å². The van der Waals surface area contributed by atoms with Crippen molar-refractivity contribution in [1.82, 2.24) is 14.8 Å². The second kappa shape index (κ2) is 6.75. The summed E-state index contributed by atoms with van der Waals surface area (Å²) in [4.78, 5) is 17.7. The number of nitrogens with one attached hydrogen (secondary N) is 1. The van der Waals surface area contributed by atoms with Crippen molar-refractivity contribution >= 4 is 27.5 Å². The second-order valence-electron chi connectivity index (χ2n) is 8.75. The fourth-order valence-corrected chi connectivity index (χ4v) is 6.51. The summed E-state index contributed by atoms with van der Waals surface area (Å²) in [6, 6.07) is 6.34. The summed E-state index contributed by atoms with van der Waals surface area (Å²) < 4.78 is 32.5. The number of carbonyl (C=O) groups is 1. The lowest BCUT2D eigenvalue weighted by atomic mass is 9.46. The molecule has 6 nitrogen and oxygen atoms in total. The van der Waals surface area contributed by atoms with Crippen LogP contribution in [0.5, 0.6) is 5.75 Å². The number of para-hydroxylation sites is 2. The van der Waals surface area contributed by atoms with Gasteiger partial charge in [0.05, 0.1) is 16.6 Å². The maximum Gasteiger partial charge on any atom is 0.387 e. The van der Waals surface area contributed by atoms with Gasteiger partial charge < -0.3 is 10.1 Å². The van der Waals surface area contributed by atoms with Crippen molar-refractivity contribution in [2.24, 2.45) is 17.3 Å². The number of hydrogen-bond acceptors (Lipinski definition) is 4. The van der Waals surface area contributed by atoms with Gasteiger partial charge in [0, 0.05) is 0 Å². The quantitative estimate of drug-likeness (QED) is 0.700. The molecule has 4 fully saturated rings. The minimum absolute atomic E-state index is 0.0181. The summed E-state index contributed by atoms with van der Waals surface area (Å²) in [5.41, 5.74) is -0.453. The Kier molecular flexibility index (Phi) is 4.42. The molecule has 2 unspecified atom stereocenters. The number of benzene rings is 1. The first-order valence-electron chi connectivity index (χ1n) is 9.80. The summed E-state index contributed by atoms with van der Waals surface area (Å²) in [5, 5.41) is 7.40. The lowest BCUT2D eigenvalue weighted by Gasteiger charge is -2.60. The second-order valence-corrected chi connectivity index (χ2v) is 9.46. The molecule has 0 radical (unpaired) electrons. The number of alkyl halides is 2. The van der Waals surface area contributed by atoms with Gasteiger partial charge in [-0.25, -0.2) is 9.67 Å². The average Bonchev–Trinajstić information content (AvgIpc) is 3.09. The third kappa shape index (κ3) is 3.23. The number of halogens is 3. The molecular weight excluding hydrogens is 446 g/mol. The molecule has 1 amide bonds. The van der Waals surface area contributed by atoms with Crippen LogP contribution in [0.2, 0.25) is 0 Å². The highest BCUT2D eigenvalue weighted by molar-refractivity contribution is 9.10. The van der Waals surface area contributed by atoms with E-state index in [0.717, 1.165) is 32.1 Å². The molecule has 9 heteroatoms. The van der Waals surface area contributed by atoms with E-state index in [0.29, 0.717) is 23.0 Å². The Labute approximate surface area is 175 Å². The van der Waals surface area contributed by atoms with Gasteiger partial charge in [-0.1, -0.05) is 12.1 Å². The standard InChI is InChI=1S/C20H21BrF2N4O2/c21-17-24-11-27(26-17)20-8-12-5-13(9-20)7-19(6-12,10-20)16(28)25-14-3-1-2-4-15(14)29-18(22)23/h1-4,11-13,18H,5-10H2,(H,25,28). The van der Waals surface area contributed by atoms with E-state index >= 15 is 0 Å². The van der Waals surface area contributed by atoms with E-state index in [4.69, 9.17) is 0 Å². The summed E-state index contributed by atoms with van der Waals surface area (Å²) in [6.45, 7) is -2.94. The molecule has 1 heterocycles. The highest BCUT2D eigenvalue weighted by Crippen LogP contribution is 2.64. The Hall–Kier alpha value is -2.03. The predicted octanol–water partition coefficient (Wildman–Crippen LogP) is 4.58. The minimum Gasteiger partial charge on any atom is -0.433 e. The number of rotatable bonds is 5. The smallest absolute Gasteiger partial charge is 0.387 e. The number of aromatic nitrogens is 3. The van der Waals surface area contributed by atoms with Crippen LogP contribution < -0.4 is 10.1 Å². The zero-order valence-corrected chi connectivity index (χ0v) is 17.2. The number of amides is 1. The van der Waals surface area contributed by atoms with Gasteiger partial charge >= 0.3 is 6.61 Å². The predicted molar refractivity (Wildman–Crippen MR) is 105 cm³/mol. The molecule has 154 valence electrons. The van der Waals surface area contributed by atoms with Crippen molar-refractivity contribution in [3.63, 3.8) is 0 Å². The summed E-state index contributed by atoms with van der Waals surface area (Å²) in [5.74, 6) is 0.783. The van der Waals surface area contributed by atoms with Gasteiger partial charge in [-0.05, 0) is 78.4 Å². The average molecular weight is 467 g/mol. The van der Waals surface area contributed by atoms with E-state index in [2.05, 4.69) is 36.1 Å². The van der Waals surface area contributed by atoms with E-state index in [-0.39, 0.29) is 22.9 Å². The first kappa shape index (κ1) is 19.0. The molecule has 1 N–H and O–H groups in total. The maximum absolute atomic E-state index is 13.5. The van der Waals surface area contributed by atoms with Crippen molar-refractivity contribution in [2.75, 3.05) is 5.32 Å². The molecule has 4 aliphatic carbocycles. The van der Waals surface area contributed by atoms with Crippen LogP contribution in [-0.4, -0.2) is 27.3 Å². The summed E-state index contributed by atoms with van der Waals surface area (Å²) in [6.07, 6.45) is 7.22. The van der Waals surface area contributed by atoms with E-state index in [9.17, 15) is 13.6 Å². The molecule has 1 aromatic carbocycles. The van der Waals surface area contributed by atoms with Crippen LogP contribution in [0.1, 0.15) is 38.5 Å². The Morgan fingerprint density at radius 3 is 2.62 bits per heavy atom. The van der Waals surface area contributed by atoms with Crippen LogP contribution in [0, 0.1) is 17.3 Å². The Morgan fingerprint density at radius 1 is 1.24 bits per heavy atom. The van der Waals surface area contributed by atoms with E-state index in [1.54, 1.807) is 24.5 Å². The number of anilines is 1. The van der Waals surface area contributed by atoms with E-state index in [1.165, 1.54) is 6.07 Å². The van der Waals surface area contributed by atoms with Gasteiger partial charge in [-0.15, -0.1) is 5.10 Å². The first-order valence-corrected chi connectivity index (χ1v) is 10.6. The van der Waals surface area contributed by atoms with Crippen LogP contribution in [0.4, 0.5) is 14.5 Å². The lowest BCUT2D eigenvalue weighted by Crippen LogP contribution is -2.60. The largest absolute Gasteiger partial charge is 0.433 e. The van der Waals surface area contributed by atoms with E-state index < -0.39 is 12.0 Å². The van der Waals surface area contributed by atoms with Gasteiger partial charge in [0.15, 0.2) is 0 Å². The van der Waals surface area contributed by atoms with Crippen molar-refractivity contribution in [2.45, 2.75) is 50.7 Å². The zero-order valence-electron chi connectivity index (χ0n) is 15.7. The number of ether oxygens (including phenoxy) is 1. The summed E-state index contributed by atoms with van der Waals surface area (Å²) in [7, 11) is 0. The van der Waals surface area contributed by atoms with E-state index in [1.807, 2.05) is 4.68 Å². The van der Waals surface area contributed by atoms with Crippen molar-refractivity contribution in [3.8, 4) is 5.75 Å². The molecule has 2 aromatic rings. The molecule has 0 saturated heterocycles. The third-order valence-electron chi connectivity index (χ3n) is 6.81. The Balaban J connectivity index is 1.45. The van der Waals surface area contributed by atoms with Crippen LogP contribution in [0.25, 0.3) is 0 Å².